The van der Waals surface area contributed by atoms with Crippen LogP contribution in [0.25, 0.3) is 10.8 Å². The average molecular weight is 272 g/mol. The second-order valence-electron chi connectivity index (χ2n) is 5.83. The first-order valence-electron chi connectivity index (χ1n) is 6.96. The van der Waals surface area contributed by atoms with Crippen LogP contribution in [0.2, 0.25) is 0 Å². The molecule has 1 aromatic carbocycles. The minimum absolute atomic E-state index is 0.0142. The number of pyridine rings is 1. The van der Waals surface area contributed by atoms with Gasteiger partial charge in [-0.05, 0) is 19.2 Å². The lowest BCUT2D eigenvalue weighted by atomic mass is 10.0. The van der Waals surface area contributed by atoms with Crippen molar-refractivity contribution >= 4 is 16.6 Å². The van der Waals surface area contributed by atoms with E-state index in [1.54, 1.807) is 6.20 Å². The van der Waals surface area contributed by atoms with E-state index in [4.69, 9.17) is 4.74 Å². The topological polar surface area (TPSA) is 45.6 Å². The third-order valence-corrected chi connectivity index (χ3v) is 3.93. The molecule has 3 rings (SSSR count). The number of hydrogen-bond acceptors (Lipinski definition) is 4. The molecule has 0 radical (unpaired) electrons. The molecule has 0 spiro atoms. The predicted molar refractivity (Wildman–Crippen MR) is 79.9 cm³/mol. The van der Waals surface area contributed by atoms with Gasteiger partial charge in [-0.3, -0.25) is 0 Å². The number of aromatic nitrogens is 1. The minimum atomic E-state index is -0.0747. The molecule has 1 saturated heterocycles. The number of benzene rings is 1. The van der Waals surface area contributed by atoms with E-state index in [9.17, 15) is 5.11 Å². The summed E-state index contributed by atoms with van der Waals surface area (Å²) in [5.41, 5.74) is 0.796. The summed E-state index contributed by atoms with van der Waals surface area (Å²) in [6.45, 7) is 6.61. The fourth-order valence-corrected chi connectivity index (χ4v) is 2.83. The lowest BCUT2D eigenvalue weighted by Crippen LogP contribution is -2.53. The fourth-order valence-electron chi connectivity index (χ4n) is 2.83. The van der Waals surface area contributed by atoms with Crippen LogP contribution in [0.1, 0.15) is 19.4 Å². The highest BCUT2D eigenvalue weighted by Crippen LogP contribution is 2.32. The van der Waals surface area contributed by atoms with Crippen LogP contribution in [-0.2, 0) is 11.3 Å². The van der Waals surface area contributed by atoms with Crippen molar-refractivity contribution in [2.24, 2.45) is 0 Å². The van der Waals surface area contributed by atoms with Gasteiger partial charge in [0.15, 0.2) is 0 Å². The van der Waals surface area contributed by atoms with Crippen molar-refractivity contribution in [3.05, 3.63) is 36.0 Å². The van der Waals surface area contributed by atoms with Crippen molar-refractivity contribution in [3.8, 4) is 0 Å². The van der Waals surface area contributed by atoms with E-state index in [1.165, 1.54) is 0 Å². The number of aliphatic hydroxyl groups excluding tert-OH is 1. The second kappa shape index (κ2) is 5.04. The van der Waals surface area contributed by atoms with Crippen LogP contribution < -0.4 is 4.90 Å². The second-order valence-corrected chi connectivity index (χ2v) is 5.83. The van der Waals surface area contributed by atoms with Crippen molar-refractivity contribution in [1.82, 2.24) is 4.98 Å². The molecule has 0 aliphatic carbocycles. The van der Waals surface area contributed by atoms with Crippen LogP contribution in [0.4, 0.5) is 5.82 Å². The van der Waals surface area contributed by atoms with Gasteiger partial charge in [-0.1, -0.05) is 24.3 Å². The Balaban J connectivity index is 2.17. The number of anilines is 1. The van der Waals surface area contributed by atoms with Crippen molar-refractivity contribution in [2.75, 3.05) is 24.7 Å². The van der Waals surface area contributed by atoms with Crippen LogP contribution in [-0.4, -0.2) is 35.4 Å². The van der Waals surface area contributed by atoms with E-state index in [0.29, 0.717) is 6.61 Å². The zero-order valence-corrected chi connectivity index (χ0v) is 12.0. The molecule has 4 nitrogen and oxygen atoms in total. The summed E-state index contributed by atoms with van der Waals surface area (Å²) in [5, 5.41) is 11.6. The first-order valence-corrected chi connectivity index (χ1v) is 6.96. The largest absolute Gasteiger partial charge is 0.392 e. The molecular weight excluding hydrogens is 252 g/mol. The monoisotopic (exact) mass is 272 g/mol. The highest BCUT2D eigenvalue weighted by molar-refractivity contribution is 5.94. The SMILES string of the molecule is CC1(C)COCCN1c1ncc(CO)c2ccccc12. The van der Waals surface area contributed by atoms with Crippen molar-refractivity contribution in [2.45, 2.75) is 26.0 Å². The van der Waals surface area contributed by atoms with Gasteiger partial charge in [0.05, 0.1) is 25.4 Å². The van der Waals surface area contributed by atoms with Gasteiger partial charge in [-0.25, -0.2) is 4.98 Å². The third-order valence-electron chi connectivity index (χ3n) is 3.93. The van der Waals surface area contributed by atoms with Gasteiger partial charge < -0.3 is 14.7 Å². The van der Waals surface area contributed by atoms with E-state index < -0.39 is 0 Å². The highest BCUT2D eigenvalue weighted by Gasteiger charge is 2.32. The van der Waals surface area contributed by atoms with Gasteiger partial charge in [0.2, 0.25) is 0 Å². The first kappa shape index (κ1) is 13.3. The van der Waals surface area contributed by atoms with E-state index in [0.717, 1.165) is 35.3 Å². The van der Waals surface area contributed by atoms with Gasteiger partial charge in [0.25, 0.3) is 0 Å². The summed E-state index contributed by atoms with van der Waals surface area (Å²) in [6.07, 6.45) is 1.78. The molecule has 0 atom stereocenters. The fraction of sp³-hybridized carbons (Fsp3) is 0.438. The Morgan fingerprint density at radius 1 is 1.30 bits per heavy atom. The standard InChI is InChI=1S/C16H20N2O2/c1-16(2)11-20-8-7-18(16)15-14-6-4-3-5-13(14)12(10-19)9-17-15/h3-6,9,19H,7-8,10-11H2,1-2H3. The number of hydrogen-bond donors (Lipinski definition) is 1. The van der Waals surface area contributed by atoms with Gasteiger partial charge in [0, 0.05) is 23.7 Å². The molecule has 4 heteroatoms. The summed E-state index contributed by atoms with van der Waals surface area (Å²) in [6, 6.07) is 8.12. The number of aliphatic hydroxyl groups is 1. The number of fused-ring (bicyclic) bond motifs is 1. The molecule has 2 heterocycles. The van der Waals surface area contributed by atoms with E-state index in [-0.39, 0.29) is 12.1 Å². The lowest BCUT2D eigenvalue weighted by Gasteiger charge is -2.43. The molecule has 1 aromatic heterocycles. The van der Waals surface area contributed by atoms with E-state index in [1.807, 2.05) is 18.2 Å². The Morgan fingerprint density at radius 2 is 2.05 bits per heavy atom. The Bertz CT molecular complexity index is 625. The van der Waals surface area contributed by atoms with Crippen LogP contribution in [0, 0.1) is 0 Å². The van der Waals surface area contributed by atoms with Gasteiger partial charge in [-0.2, -0.15) is 0 Å². The molecule has 0 bridgehead atoms. The summed E-state index contributed by atoms with van der Waals surface area (Å²) in [4.78, 5) is 6.91. The van der Waals surface area contributed by atoms with Crippen molar-refractivity contribution in [3.63, 3.8) is 0 Å². The number of morpholine rings is 1. The third kappa shape index (κ3) is 2.15. The maximum absolute atomic E-state index is 9.47. The lowest BCUT2D eigenvalue weighted by molar-refractivity contribution is 0.0641. The molecule has 1 N–H and O–H groups in total. The highest BCUT2D eigenvalue weighted by atomic mass is 16.5. The van der Waals surface area contributed by atoms with Gasteiger partial charge in [0.1, 0.15) is 5.82 Å². The van der Waals surface area contributed by atoms with Gasteiger partial charge in [-0.15, -0.1) is 0 Å². The molecule has 2 aromatic rings. The predicted octanol–water partition coefficient (Wildman–Crippen LogP) is 2.34. The summed E-state index contributed by atoms with van der Waals surface area (Å²) >= 11 is 0. The van der Waals surface area contributed by atoms with Gasteiger partial charge >= 0.3 is 0 Å². The normalized spacial score (nSPS) is 18.4. The zero-order valence-electron chi connectivity index (χ0n) is 12.0. The number of rotatable bonds is 2. The molecular formula is C16H20N2O2. The quantitative estimate of drug-likeness (QED) is 0.911. The molecule has 106 valence electrons. The van der Waals surface area contributed by atoms with E-state index >= 15 is 0 Å². The van der Waals surface area contributed by atoms with Crippen LogP contribution in [0.15, 0.2) is 30.5 Å². The van der Waals surface area contributed by atoms with E-state index in [2.05, 4.69) is 29.8 Å². The minimum Gasteiger partial charge on any atom is -0.392 e. The number of ether oxygens (including phenoxy) is 1. The molecule has 1 fully saturated rings. The summed E-state index contributed by atoms with van der Waals surface area (Å²) in [7, 11) is 0. The molecule has 0 saturated carbocycles. The Morgan fingerprint density at radius 3 is 2.75 bits per heavy atom. The number of nitrogens with zero attached hydrogens (tertiary/aromatic N) is 2. The molecule has 0 amide bonds. The molecule has 1 aliphatic heterocycles. The van der Waals surface area contributed by atoms with Crippen molar-refractivity contribution in [1.29, 1.82) is 0 Å². The average Bonchev–Trinajstić information content (AvgIpc) is 2.46. The molecule has 0 unspecified atom stereocenters. The van der Waals surface area contributed by atoms with Crippen molar-refractivity contribution < 1.29 is 9.84 Å². The van der Waals surface area contributed by atoms with Crippen LogP contribution >= 0.6 is 0 Å². The first-order chi connectivity index (χ1) is 9.63. The molecule has 1 aliphatic rings. The van der Waals surface area contributed by atoms with Crippen LogP contribution in [0.5, 0.6) is 0 Å². The summed E-state index contributed by atoms with van der Waals surface area (Å²) in [5.74, 6) is 0.978. The smallest absolute Gasteiger partial charge is 0.137 e. The Labute approximate surface area is 119 Å². The zero-order chi connectivity index (χ0) is 14.2. The Hall–Kier alpha value is -1.65. The summed E-state index contributed by atoms with van der Waals surface area (Å²) < 4.78 is 5.58. The Kier molecular flexibility index (Phi) is 3.36. The molecule has 20 heavy (non-hydrogen) atoms. The maximum atomic E-state index is 9.47. The van der Waals surface area contributed by atoms with Crippen LogP contribution in [0.3, 0.4) is 0 Å². The maximum Gasteiger partial charge on any atom is 0.137 e.